The van der Waals surface area contributed by atoms with Gasteiger partial charge in [0.05, 0.1) is 5.56 Å². The van der Waals surface area contributed by atoms with Crippen molar-refractivity contribution >= 4 is 36.6 Å². The van der Waals surface area contributed by atoms with Crippen LogP contribution in [-0.2, 0) is 14.3 Å². The maximum Gasteiger partial charge on any atom is 0.406 e. The zero-order chi connectivity index (χ0) is 28.9. The van der Waals surface area contributed by atoms with Crippen molar-refractivity contribution in [1.29, 1.82) is 0 Å². The van der Waals surface area contributed by atoms with Crippen LogP contribution in [0.3, 0.4) is 0 Å². The van der Waals surface area contributed by atoms with Crippen molar-refractivity contribution in [2.24, 2.45) is 0 Å². The summed E-state index contributed by atoms with van der Waals surface area (Å²) in [5.41, 5.74) is 6.12. The lowest BCUT2D eigenvalue weighted by Crippen LogP contribution is -2.40. The van der Waals surface area contributed by atoms with E-state index >= 15 is 0 Å². The van der Waals surface area contributed by atoms with Gasteiger partial charge in [0.15, 0.2) is 0 Å². The lowest BCUT2D eigenvalue weighted by Gasteiger charge is -2.13. The van der Waals surface area contributed by atoms with Crippen LogP contribution in [0.15, 0.2) is 72.8 Å². The summed E-state index contributed by atoms with van der Waals surface area (Å²) < 4.78 is 5.24. The number of rotatable bonds is 6. The number of fused-ring (bicyclic) bond motifs is 3. The summed E-state index contributed by atoms with van der Waals surface area (Å²) in [5, 5.41) is 21.6. The third-order valence-electron chi connectivity index (χ3n) is 5.78. The second-order valence-electron chi connectivity index (χ2n) is 8.47. The first-order valence-corrected chi connectivity index (χ1v) is 12.7. The Bertz CT molecular complexity index is 1270. The molecule has 9 nitrogen and oxygen atoms in total. The van der Waals surface area contributed by atoms with Crippen LogP contribution >= 0.6 is 12.6 Å². The zero-order valence-electron chi connectivity index (χ0n) is 21.9. The molecular weight excluding hydrogens is 520 g/mol. The Hall–Kier alpha value is -4.31. The highest BCUT2D eigenvalue weighted by Crippen LogP contribution is 2.44. The first-order valence-electron chi connectivity index (χ1n) is 12.0. The number of nitrogens with one attached hydrogen (secondary N) is 2. The average molecular weight is 553 g/mol. The van der Waals surface area contributed by atoms with Crippen molar-refractivity contribution in [3.05, 3.63) is 95.1 Å². The molecule has 39 heavy (non-hydrogen) atoms. The molecule has 0 radical (unpaired) electrons. The molecule has 3 aromatic carbocycles. The molecule has 0 bridgehead atoms. The van der Waals surface area contributed by atoms with E-state index in [0.29, 0.717) is 12.2 Å². The van der Waals surface area contributed by atoms with Gasteiger partial charge in [0.1, 0.15) is 12.6 Å². The molecule has 4 N–H and O–H groups in total. The van der Waals surface area contributed by atoms with E-state index in [1.54, 1.807) is 32.2 Å². The van der Waals surface area contributed by atoms with Gasteiger partial charge in [0.2, 0.25) is 5.91 Å². The molecule has 0 spiro atoms. The highest BCUT2D eigenvalue weighted by Gasteiger charge is 2.28. The minimum absolute atomic E-state index is 0.106. The number of carbonyl (C=O) groups excluding carboxylic acids is 2. The van der Waals surface area contributed by atoms with E-state index in [4.69, 9.17) is 14.9 Å². The molecule has 0 aromatic heterocycles. The SMILES string of the molecule is CC(=O)NC(CS)C(=O)O.CNC(=O)OCC1c2ccccc2-c2ccccc21.Cc1ccccc1C(=O)O. The summed E-state index contributed by atoms with van der Waals surface area (Å²) in [6.45, 7) is 3.41. The van der Waals surface area contributed by atoms with E-state index < -0.39 is 18.0 Å². The lowest BCUT2D eigenvalue weighted by molar-refractivity contribution is -0.140. The molecule has 0 aliphatic heterocycles. The second-order valence-corrected chi connectivity index (χ2v) is 8.83. The third-order valence-corrected chi connectivity index (χ3v) is 6.15. The number of ether oxygens (including phenoxy) is 1. The topological polar surface area (TPSA) is 142 Å². The van der Waals surface area contributed by atoms with Crippen LogP contribution < -0.4 is 10.6 Å². The number of aliphatic carboxylic acids is 1. The standard InChI is InChI=1S/C16H15NO2.C8H8O2.C5H9NO3S/c1-17-16(18)19-10-15-13-8-4-2-6-11(13)12-7-3-5-9-14(12)15;1-6-4-2-3-5-7(6)8(9)10;1-3(7)6-4(2-10)5(8)9/h2-9,15H,10H2,1H3,(H,17,18);2-5H,1H3,(H,9,10);4,10H,2H2,1H3,(H,6,7)(H,8,9). The molecule has 2 amide bonds. The van der Waals surface area contributed by atoms with E-state index in [1.807, 2.05) is 30.3 Å². The quantitative estimate of drug-likeness (QED) is 0.286. The number of hydrogen-bond donors (Lipinski definition) is 5. The number of alkyl carbamates (subject to hydrolysis) is 1. The van der Waals surface area contributed by atoms with Gasteiger partial charge in [-0.3, -0.25) is 4.79 Å². The van der Waals surface area contributed by atoms with Gasteiger partial charge in [-0.2, -0.15) is 12.6 Å². The summed E-state index contributed by atoms with van der Waals surface area (Å²) in [4.78, 5) is 42.2. The molecule has 1 aliphatic rings. The molecule has 1 atom stereocenters. The molecule has 3 aromatic rings. The average Bonchev–Trinajstić information content (AvgIpc) is 3.24. The van der Waals surface area contributed by atoms with Crippen molar-refractivity contribution in [1.82, 2.24) is 10.6 Å². The molecule has 206 valence electrons. The Balaban J connectivity index is 0.000000227. The van der Waals surface area contributed by atoms with E-state index in [2.05, 4.69) is 47.5 Å². The molecule has 0 heterocycles. The fourth-order valence-electron chi connectivity index (χ4n) is 3.91. The van der Waals surface area contributed by atoms with Gasteiger partial charge < -0.3 is 25.6 Å². The summed E-state index contributed by atoms with van der Waals surface area (Å²) in [6.07, 6.45) is -0.387. The first kappa shape index (κ1) is 30.9. The maximum atomic E-state index is 11.3. The van der Waals surface area contributed by atoms with Crippen LogP contribution in [-0.4, -0.2) is 59.6 Å². The van der Waals surface area contributed by atoms with Crippen molar-refractivity contribution in [2.75, 3.05) is 19.4 Å². The second kappa shape index (κ2) is 15.2. The molecule has 1 aliphatic carbocycles. The van der Waals surface area contributed by atoms with E-state index in [0.717, 1.165) is 5.56 Å². The summed E-state index contributed by atoms with van der Waals surface area (Å²) >= 11 is 3.73. The Kier molecular flexibility index (Phi) is 12.0. The molecule has 0 fully saturated rings. The van der Waals surface area contributed by atoms with Crippen LogP contribution in [0.1, 0.15) is 39.9 Å². The normalized spacial score (nSPS) is 11.7. The summed E-state index contributed by atoms with van der Waals surface area (Å²) in [5.74, 6) is -2.05. The van der Waals surface area contributed by atoms with Crippen molar-refractivity contribution < 1.29 is 34.1 Å². The Morgan fingerprint density at radius 3 is 1.79 bits per heavy atom. The number of carbonyl (C=O) groups is 4. The Morgan fingerprint density at radius 1 is 0.897 bits per heavy atom. The molecule has 0 saturated heterocycles. The molecule has 4 rings (SSSR count). The van der Waals surface area contributed by atoms with Crippen LogP contribution in [0.5, 0.6) is 0 Å². The Labute approximate surface area is 232 Å². The van der Waals surface area contributed by atoms with Crippen LogP contribution in [0.25, 0.3) is 11.1 Å². The molecular formula is C29H32N2O7S. The summed E-state index contributed by atoms with van der Waals surface area (Å²) in [6, 6.07) is 22.6. The predicted molar refractivity (Wildman–Crippen MR) is 151 cm³/mol. The lowest BCUT2D eigenvalue weighted by atomic mass is 9.98. The molecule has 10 heteroatoms. The van der Waals surface area contributed by atoms with Gasteiger partial charge >= 0.3 is 18.0 Å². The van der Waals surface area contributed by atoms with E-state index in [9.17, 15) is 19.2 Å². The van der Waals surface area contributed by atoms with Crippen molar-refractivity contribution in [3.8, 4) is 11.1 Å². The molecule has 1 unspecified atom stereocenters. The highest BCUT2D eigenvalue weighted by atomic mass is 32.1. The molecule has 0 saturated carbocycles. The predicted octanol–water partition coefficient (Wildman–Crippen LogP) is 4.35. The minimum atomic E-state index is -1.06. The Morgan fingerprint density at radius 2 is 1.41 bits per heavy atom. The van der Waals surface area contributed by atoms with Gasteiger partial charge in [-0.05, 0) is 40.8 Å². The number of thiol groups is 1. The van der Waals surface area contributed by atoms with Gasteiger partial charge in [0.25, 0.3) is 0 Å². The third kappa shape index (κ3) is 8.89. The minimum Gasteiger partial charge on any atom is -0.480 e. The van der Waals surface area contributed by atoms with Gasteiger partial charge in [0, 0.05) is 25.6 Å². The number of aryl methyl sites for hydroxylation is 1. The summed E-state index contributed by atoms with van der Waals surface area (Å²) in [7, 11) is 1.57. The number of amides is 2. The number of carboxylic acids is 2. The highest BCUT2D eigenvalue weighted by molar-refractivity contribution is 7.80. The number of hydrogen-bond acceptors (Lipinski definition) is 6. The monoisotopic (exact) mass is 552 g/mol. The van der Waals surface area contributed by atoms with E-state index in [1.165, 1.54) is 29.2 Å². The van der Waals surface area contributed by atoms with Gasteiger partial charge in [-0.25, -0.2) is 14.4 Å². The first-order chi connectivity index (χ1) is 18.6. The zero-order valence-corrected chi connectivity index (χ0v) is 22.8. The number of aromatic carboxylic acids is 1. The van der Waals surface area contributed by atoms with Crippen LogP contribution in [0.2, 0.25) is 0 Å². The van der Waals surface area contributed by atoms with Crippen LogP contribution in [0, 0.1) is 6.92 Å². The van der Waals surface area contributed by atoms with Gasteiger partial charge in [-0.15, -0.1) is 0 Å². The van der Waals surface area contributed by atoms with Crippen molar-refractivity contribution in [3.63, 3.8) is 0 Å². The van der Waals surface area contributed by atoms with Gasteiger partial charge in [-0.1, -0.05) is 66.7 Å². The van der Waals surface area contributed by atoms with E-state index in [-0.39, 0.29) is 23.7 Å². The maximum absolute atomic E-state index is 11.3. The van der Waals surface area contributed by atoms with Crippen molar-refractivity contribution in [2.45, 2.75) is 25.8 Å². The number of carboxylic acid groups (broad SMARTS) is 2. The smallest absolute Gasteiger partial charge is 0.406 e. The largest absolute Gasteiger partial charge is 0.480 e. The fraction of sp³-hybridized carbons (Fsp3) is 0.241. The fourth-order valence-corrected chi connectivity index (χ4v) is 4.16. The number of benzene rings is 3. The van der Waals surface area contributed by atoms with Crippen LogP contribution in [0.4, 0.5) is 4.79 Å².